The second kappa shape index (κ2) is 9.52. The molecule has 1 aliphatic heterocycles. The Kier molecular flexibility index (Phi) is 7.08. The second-order valence-electron chi connectivity index (χ2n) is 6.98. The number of allylic oxidation sites excluding steroid dienone is 2. The van der Waals surface area contributed by atoms with Crippen LogP contribution in [0.1, 0.15) is 44.6 Å². The van der Waals surface area contributed by atoms with Crippen molar-refractivity contribution in [1.82, 2.24) is 0 Å². The van der Waals surface area contributed by atoms with Crippen molar-refractivity contribution >= 4 is 29.2 Å². The fourth-order valence-electron chi connectivity index (χ4n) is 3.92. The summed E-state index contributed by atoms with van der Waals surface area (Å²) in [6.07, 6.45) is 4.13. The lowest BCUT2D eigenvalue weighted by molar-refractivity contribution is -0.148. The zero-order chi connectivity index (χ0) is 20.1. The van der Waals surface area contributed by atoms with E-state index in [1.54, 1.807) is 11.8 Å². The Morgan fingerprint density at radius 1 is 1.21 bits per heavy atom. The molecule has 1 aromatic rings. The van der Waals surface area contributed by atoms with Crippen LogP contribution in [0, 0.1) is 5.92 Å². The quantitative estimate of drug-likeness (QED) is 0.390. The van der Waals surface area contributed by atoms with E-state index in [-0.39, 0.29) is 24.3 Å². The van der Waals surface area contributed by atoms with Crippen molar-refractivity contribution in [3.8, 4) is 0 Å². The van der Waals surface area contributed by atoms with Crippen molar-refractivity contribution in [2.24, 2.45) is 10.9 Å². The highest BCUT2D eigenvalue weighted by Crippen LogP contribution is 2.43. The van der Waals surface area contributed by atoms with Gasteiger partial charge in [-0.05, 0) is 50.6 Å². The summed E-state index contributed by atoms with van der Waals surface area (Å²) < 4.78 is 10.7. The number of ether oxygens (including phenoxy) is 2. The first-order chi connectivity index (χ1) is 13.6. The van der Waals surface area contributed by atoms with Crippen LogP contribution in [-0.4, -0.2) is 43.5 Å². The molecule has 0 saturated carbocycles. The minimum absolute atomic E-state index is 0.101. The third-order valence-corrected chi connectivity index (χ3v) is 5.98. The summed E-state index contributed by atoms with van der Waals surface area (Å²) in [6.45, 7) is 4.91. The predicted molar refractivity (Wildman–Crippen MR) is 111 cm³/mol. The molecule has 0 saturated heterocycles. The average Bonchev–Trinajstić information content (AvgIpc) is 2.70. The summed E-state index contributed by atoms with van der Waals surface area (Å²) in [6, 6.07) is 8.10. The molecule has 1 heterocycles. The highest BCUT2D eigenvalue weighted by molar-refractivity contribution is 7.98. The summed E-state index contributed by atoms with van der Waals surface area (Å²) >= 11 is 1.66. The molecule has 0 fully saturated rings. The minimum atomic E-state index is -0.581. The maximum absolute atomic E-state index is 13.0. The van der Waals surface area contributed by atoms with E-state index in [0.717, 1.165) is 29.0 Å². The Morgan fingerprint density at radius 2 is 1.96 bits per heavy atom. The molecule has 1 unspecified atom stereocenters. The molecule has 0 radical (unpaired) electrons. The SMILES string of the molecule is CCOCCOC(=O)C1C(C)=NC2=C(C(=O)CCC2)[C@H]1c1ccc(SC)cc1. The smallest absolute Gasteiger partial charge is 0.315 e. The molecule has 3 rings (SSSR count). The fourth-order valence-corrected chi connectivity index (χ4v) is 4.33. The van der Waals surface area contributed by atoms with Gasteiger partial charge in [0.1, 0.15) is 12.5 Å². The normalized spacial score (nSPS) is 22.0. The van der Waals surface area contributed by atoms with Crippen LogP contribution in [0.5, 0.6) is 0 Å². The fraction of sp³-hybridized carbons (Fsp3) is 0.500. The third kappa shape index (κ3) is 4.39. The van der Waals surface area contributed by atoms with E-state index in [1.165, 1.54) is 0 Å². The Bertz CT molecular complexity index is 797. The second-order valence-corrected chi connectivity index (χ2v) is 7.86. The number of rotatable bonds is 7. The van der Waals surface area contributed by atoms with Crippen molar-refractivity contribution in [2.45, 2.75) is 43.9 Å². The Balaban J connectivity index is 1.96. The van der Waals surface area contributed by atoms with E-state index in [4.69, 9.17) is 9.47 Å². The summed E-state index contributed by atoms with van der Waals surface area (Å²) in [4.78, 5) is 31.6. The van der Waals surface area contributed by atoms with E-state index in [9.17, 15) is 9.59 Å². The Hall–Kier alpha value is -1.92. The molecule has 2 atom stereocenters. The summed E-state index contributed by atoms with van der Waals surface area (Å²) in [5, 5.41) is 0. The number of hydrogen-bond donors (Lipinski definition) is 0. The van der Waals surface area contributed by atoms with Gasteiger partial charge in [-0.1, -0.05) is 12.1 Å². The average molecular weight is 402 g/mol. The molecule has 0 spiro atoms. The number of thioether (sulfide) groups is 1. The van der Waals surface area contributed by atoms with Gasteiger partial charge < -0.3 is 9.47 Å². The lowest BCUT2D eigenvalue weighted by Gasteiger charge is -2.34. The molecule has 28 heavy (non-hydrogen) atoms. The maximum atomic E-state index is 13.0. The largest absolute Gasteiger partial charge is 0.463 e. The van der Waals surface area contributed by atoms with Crippen LogP contribution in [0.15, 0.2) is 45.4 Å². The minimum Gasteiger partial charge on any atom is -0.463 e. The van der Waals surface area contributed by atoms with Gasteiger partial charge in [0.2, 0.25) is 0 Å². The molecular weight excluding hydrogens is 374 g/mol. The zero-order valence-electron chi connectivity index (χ0n) is 16.7. The first-order valence-electron chi connectivity index (χ1n) is 9.76. The van der Waals surface area contributed by atoms with E-state index in [2.05, 4.69) is 4.99 Å². The molecule has 6 heteroatoms. The number of ketones is 1. The van der Waals surface area contributed by atoms with Gasteiger partial charge in [-0.2, -0.15) is 0 Å². The van der Waals surface area contributed by atoms with Gasteiger partial charge in [0, 0.05) is 40.8 Å². The highest BCUT2D eigenvalue weighted by atomic mass is 32.2. The van der Waals surface area contributed by atoms with Gasteiger partial charge in [0.05, 0.1) is 6.61 Å². The molecule has 150 valence electrons. The molecule has 2 aliphatic rings. The summed E-state index contributed by atoms with van der Waals surface area (Å²) in [5.74, 6) is -1.16. The van der Waals surface area contributed by atoms with E-state index in [1.807, 2.05) is 44.4 Å². The molecule has 0 aromatic heterocycles. The van der Waals surface area contributed by atoms with Crippen molar-refractivity contribution in [3.63, 3.8) is 0 Å². The molecule has 5 nitrogen and oxygen atoms in total. The van der Waals surface area contributed by atoms with Crippen LogP contribution in [0.3, 0.4) is 0 Å². The first-order valence-corrected chi connectivity index (χ1v) is 11.0. The van der Waals surface area contributed by atoms with Gasteiger partial charge in [-0.15, -0.1) is 11.8 Å². The lowest BCUT2D eigenvalue weighted by atomic mass is 9.72. The number of aliphatic imine (C=N–C) groups is 1. The molecule has 0 N–H and O–H groups in total. The maximum Gasteiger partial charge on any atom is 0.315 e. The first kappa shape index (κ1) is 20.8. The number of esters is 1. The zero-order valence-corrected chi connectivity index (χ0v) is 17.5. The highest BCUT2D eigenvalue weighted by Gasteiger charge is 2.43. The lowest BCUT2D eigenvalue weighted by Crippen LogP contribution is -2.37. The molecule has 1 aromatic carbocycles. The van der Waals surface area contributed by atoms with Crippen molar-refractivity contribution in [2.75, 3.05) is 26.1 Å². The molecule has 1 aliphatic carbocycles. The van der Waals surface area contributed by atoms with Crippen molar-refractivity contribution < 1.29 is 19.1 Å². The van der Waals surface area contributed by atoms with Crippen LogP contribution < -0.4 is 0 Å². The van der Waals surface area contributed by atoms with Gasteiger partial charge in [-0.3, -0.25) is 14.6 Å². The Labute approximate surface area is 170 Å². The van der Waals surface area contributed by atoms with E-state index >= 15 is 0 Å². The topological polar surface area (TPSA) is 65.0 Å². The number of carbonyl (C=O) groups is 2. The van der Waals surface area contributed by atoms with Gasteiger partial charge in [0.25, 0.3) is 0 Å². The van der Waals surface area contributed by atoms with Crippen molar-refractivity contribution in [1.29, 1.82) is 0 Å². The monoisotopic (exact) mass is 401 g/mol. The van der Waals surface area contributed by atoms with Crippen LogP contribution in [-0.2, 0) is 19.1 Å². The van der Waals surface area contributed by atoms with Crippen LogP contribution in [0.4, 0.5) is 0 Å². The van der Waals surface area contributed by atoms with E-state index in [0.29, 0.717) is 30.9 Å². The van der Waals surface area contributed by atoms with Gasteiger partial charge in [0.15, 0.2) is 5.78 Å². The predicted octanol–water partition coefficient (Wildman–Crippen LogP) is 4.17. The third-order valence-electron chi connectivity index (χ3n) is 5.24. The summed E-state index contributed by atoms with van der Waals surface area (Å²) in [5.41, 5.74) is 3.21. The number of Topliss-reactive ketones (excluding diaryl/α,β-unsaturated/α-hetero) is 1. The number of benzene rings is 1. The number of carbonyl (C=O) groups excluding carboxylic acids is 2. The number of hydrogen-bond acceptors (Lipinski definition) is 6. The molecular formula is C22H27NO4S. The van der Waals surface area contributed by atoms with Crippen LogP contribution >= 0.6 is 11.8 Å². The molecule has 0 amide bonds. The van der Waals surface area contributed by atoms with Gasteiger partial charge >= 0.3 is 5.97 Å². The molecule has 0 bridgehead atoms. The number of nitrogens with zero attached hydrogens (tertiary/aromatic N) is 1. The van der Waals surface area contributed by atoms with Crippen LogP contribution in [0.2, 0.25) is 0 Å². The van der Waals surface area contributed by atoms with Gasteiger partial charge in [-0.25, -0.2) is 0 Å². The summed E-state index contributed by atoms with van der Waals surface area (Å²) in [7, 11) is 0. The van der Waals surface area contributed by atoms with Crippen LogP contribution in [0.25, 0.3) is 0 Å². The Morgan fingerprint density at radius 3 is 2.64 bits per heavy atom. The standard InChI is InChI=1S/C22H27NO4S/c1-4-26-12-13-27-22(25)19-14(2)23-17-6-5-7-18(24)21(17)20(19)15-8-10-16(28-3)11-9-15/h8-11,19-20H,4-7,12-13H2,1-3H3/t19?,20-/m0/s1. The van der Waals surface area contributed by atoms with Crippen molar-refractivity contribution in [3.05, 3.63) is 41.1 Å². The van der Waals surface area contributed by atoms with E-state index < -0.39 is 5.92 Å².